The van der Waals surface area contributed by atoms with Gasteiger partial charge < -0.3 is 81.3 Å². The fourth-order valence-corrected chi connectivity index (χ4v) is 4.55. The minimum Gasteiger partial charge on any atom is -0.394 e. The lowest BCUT2D eigenvalue weighted by atomic mass is 9.94. The highest BCUT2D eigenvalue weighted by molar-refractivity contribution is 5.73. The highest BCUT2D eigenvalue weighted by atomic mass is 16.7. The Morgan fingerprint density at radius 1 is 0.730 bits per heavy atom. The normalized spacial score (nSPS) is 49.0. The van der Waals surface area contributed by atoms with E-state index in [4.69, 9.17) is 35.2 Å². The predicted molar refractivity (Wildman–Crippen MR) is 117 cm³/mol. The lowest BCUT2D eigenvalue weighted by Crippen LogP contribution is -2.69. The van der Waals surface area contributed by atoms with Crippen molar-refractivity contribution in [3.8, 4) is 0 Å². The highest BCUT2D eigenvalue weighted by Crippen LogP contribution is 2.31. The molecule has 3 fully saturated rings. The molecule has 17 heteroatoms. The monoisotopic (exact) mass is 543 g/mol. The van der Waals surface area contributed by atoms with Gasteiger partial charge in [0.2, 0.25) is 5.91 Å². The summed E-state index contributed by atoms with van der Waals surface area (Å²) in [6.45, 7) is -0.951. The molecule has 17 nitrogen and oxygen atoms in total. The zero-order valence-corrected chi connectivity index (χ0v) is 20.0. The number of nitrogens with two attached hydrogens (primary N) is 2. The van der Waals surface area contributed by atoms with E-state index >= 15 is 0 Å². The summed E-state index contributed by atoms with van der Waals surface area (Å²) in [5.74, 6) is -0.585. The summed E-state index contributed by atoms with van der Waals surface area (Å²) in [5, 5.41) is 83.1. The Kier molecular flexibility index (Phi) is 10.5. The van der Waals surface area contributed by atoms with E-state index < -0.39 is 118 Å². The smallest absolute Gasteiger partial charge is 0.217 e. The maximum atomic E-state index is 11.5. The lowest BCUT2D eigenvalue weighted by molar-refractivity contribution is -0.348. The first-order valence-corrected chi connectivity index (χ1v) is 11.7. The zero-order valence-electron chi connectivity index (χ0n) is 20.0. The number of rotatable bonds is 8. The molecule has 0 aromatic carbocycles. The van der Waals surface area contributed by atoms with Crippen LogP contribution in [0.25, 0.3) is 0 Å². The Labute approximate surface area is 211 Å². The van der Waals surface area contributed by atoms with E-state index in [1.807, 2.05) is 0 Å². The third-order valence-electron chi connectivity index (χ3n) is 6.65. The van der Waals surface area contributed by atoms with Crippen molar-refractivity contribution in [2.75, 3.05) is 19.8 Å². The molecule has 3 rings (SSSR count). The third-order valence-corrected chi connectivity index (χ3v) is 6.65. The highest BCUT2D eigenvalue weighted by Gasteiger charge is 2.52. The van der Waals surface area contributed by atoms with Gasteiger partial charge in [0.05, 0.1) is 31.9 Å². The molecule has 0 aromatic heterocycles. The van der Waals surface area contributed by atoms with E-state index in [1.54, 1.807) is 0 Å². The van der Waals surface area contributed by atoms with E-state index in [1.165, 1.54) is 0 Å². The summed E-state index contributed by atoms with van der Waals surface area (Å²) in [4.78, 5) is 11.5. The second kappa shape index (κ2) is 12.8. The van der Waals surface area contributed by atoms with Gasteiger partial charge in [-0.2, -0.15) is 0 Å². The van der Waals surface area contributed by atoms with Gasteiger partial charge in [-0.05, 0) is 0 Å². The maximum Gasteiger partial charge on any atom is 0.217 e. The van der Waals surface area contributed by atoms with Gasteiger partial charge in [0.15, 0.2) is 18.9 Å². The van der Waals surface area contributed by atoms with Crippen molar-refractivity contribution in [1.82, 2.24) is 5.32 Å². The number of carbonyl (C=O) groups excluding carboxylic acids is 1. The van der Waals surface area contributed by atoms with Crippen LogP contribution in [0.1, 0.15) is 6.92 Å². The number of aliphatic hydroxyl groups excluding tert-OH is 8. The van der Waals surface area contributed by atoms with Crippen LogP contribution >= 0.6 is 0 Å². The largest absolute Gasteiger partial charge is 0.394 e. The first-order chi connectivity index (χ1) is 17.4. The van der Waals surface area contributed by atoms with Crippen LogP contribution in [0.2, 0.25) is 0 Å². The van der Waals surface area contributed by atoms with Crippen molar-refractivity contribution in [2.45, 2.75) is 98.9 Å². The molecule has 0 saturated carbocycles. The second-order valence-corrected chi connectivity index (χ2v) is 9.24. The number of hydrogen-bond donors (Lipinski definition) is 11. The fourth-order valence-electron chi connectivity index (χ4n) is 4.55. The molecule has 13 N–H and O–H groups in total. The van der Waals surface area contributed by atoms with Crippen LogP contribution in [0, 0.1) is 0 Å². The number of amides is 1. The molecule has 0 aliphatic carbocycles. The first kappa shape index (κ1) is 30.4. The molecule has 0 spiro atoms. The summed E-state index contributed by atoms with van der Waals surface area (Å²) in [7, 11) is 0. The summed E-state index contributed by atoms with van der Waals surface area (Å²) < 4.78 is 27.7. The Balaban J connectivity index is 1.74. The zero-order chi connectivity index (χ0) is 27.6. The molecule has 0 aromatic rings. The quantitative estimate of drug-likeness (QED) is 0.135. The number of carbonyl (C=O) groups is 1. The third kappa shape index (κ3) is 6.38. The SMILES string of the molecule is CC(=O)NC1C(O)C(OC2OC(CO)C(O[C@@H]3O[C@@H](CO)C(O)C(O)C3N)C(O)C2N)[C@H](CO)O[C@H]1O. The van der Waals surface area contributed by atoms with Gasteiger partial charge in [0.1, 0.15) is 61.0 Å². The minimum atomic E-state index is -1.67. The van der Waals surface area contributed by atoms with Crippen LogP contribution in [0.15, 0.2) is 0 Å². The van der Waals surface area contributed by atoms with Crippen LogP contribution in [0.5, 0.6) is 0 Å². The molecule has 11 unspecified atom stereocenters. The number of nitrogens with one attached hydrogen (secondary N) is 1. The van der Waals surface area contributed by atoms with Crippen LogP contribution in [0.4, 0.5) is 0 Å². The average molecular weight is 544 g/mol. The standard InChI is InChI=1S/C20H37N3O14/c1-5(27)23-11-15(31)17(7(3-25)33-18(11)32)37-20-10(22)14(30)16(8(4-26)35-20)36-19-9(21)13(29)12(28)6(2-24)34-19/h6-20,24-26,28-32H,2-4,21-22H2,1H3,(H,23,27)/t6-,7-,8?,9?,10?,11?,12?,13?,14?,15?,16?,17?,18+,19-,20?/m0/s1. The van der Waals surface area contributed by atoms with Crippen molar-refractivity contribution >= 4 is 5.91 Å². The van der Waals surface area contributed by atoms with Gasteiger partial charge in [-0.1, -0.05) is 0 Å². The molecule has 0 bridgehead atoms. The van der Waals surface area contributed by atoms with Gasteiger partial charge in [0.25, 0.3) is 0 Å². The Morgan fingerprint density at radius 2 is 1.19 bits per heavy atom. The van der Waals surface area contributed by atoms with E-state index in [0.29, 0.717) is 0 Å². The molecule has 3 heterocycles. The van der Waals surface area contributed by atoms with Crippen LogP contribution in [-0.4, -0.2) is 159 Å². The molecule has 1 amide bonds. The van der Waals surface area contributed by atoms with E-state index in [9.17, 15) is 45.6 Å². The molecule has 0 radical (unpaired) electrons. The molecule has 216 valence electrons. The first-order valence-electron chi connectivity index (χ1n) is 11.7. The number of aliphatic hydroxyl groups is 8. The van der Waals surface area contributed by atoms with Gasteiger partial charge in [0, 0.05) is 6.92 Å². The number of ether oxygens (including phenoxy) is 5. The molecular formula is C20H37N3O14. The Bertz CT molecular complexity index is 749. The second-order valence-electron chi connectivity index (χ2n) is 9.24. The van der Waals surface area contributed by atoms with Crippen molar-refractivity contribution in [3.63, 3.8) is 0 Å². The van der Waals surface area contributed by atoms with Crippen molar-refractivity contribution in [2.24, 2.45) is 11.5 Å². The minimum absolute atomic E-state index is 0.585. The van der Waals surface area contributed by atoms with Crippen molar-refractivity contribution < 1.29 is 69.3 Å². The average Bonchev–Trinajstić information content (AvgIpc) is 2.87. The Morgan fingerprint density at radius 3 is 1.70 bits per heavy atom. The van der Waals surface area contributed by atoms with E-state index in [2.05, 4.69) is 5.32 Å². The van der Waals surface area contributed by atoms with Gasteiger partial charge in [-0.25, -0.2) is 0 Å². The van der Waals surface area contributed by atoms with Gasteiger partial charge in [-0.15, -0.1) is 0 Å². The topological polar surface area (TPSA) is 289 Å². The number of hydrogen-bond acceptors (Lipinski definition) is 16. The fraction of sp³-hybridized carbons (Fsp3) is 0.950. The van der Waals surface area contributed by atoms with Crippen molar-refractivity contribution in [3.05, 3.63) is 0 Å². The van der Waals surface area contributed by atoms with Crippen LogP contribution in [-0.2, 0) is 28.5 Å². The molecule has 3 aliphatic heterocycles. The summed E-state index contributed by atoms with van der Waals surface area (Å²) in [6.07, 6.45) is -17.5. The lowest BCUT2D eigenvalue weighted by Gasteiger charge is -2.48. The van der Waals surface area contributed by atoms with Crippen molar-refractivity contribution in [1.29, 1.82) is 0 Å². The molecular weight excluding hydrogens is 506 g/mol. The van der Waals surface area contributed by atoms with Gasteiger partial charge in [-0.3, -0.25) is 4.79 Å². The Hall–Kier alpha value is -1.13. The van der Waals surface area contributed by atoms with Crippen LogP contribution < -0.4 is 16.8 Å². The van der Waals surface area contributed by atoms with E-state index in [0.717, 1.165) is 6.92 Å². The van der Waals surface area contributed by atoms with E-state index in [-0.39, 0.29) is 0 Å². The molecule has 37 heavy (non-hydrogen) atoms. The van der Waals surface area contributed by atoms with Crippen LogP contribution in [0.3, 0.4) is 0 Å². The molecule has 15 atom stereocenters. The summed E-state index contributed by atoms with van der Waals surface area (Å²) >= 11 is 0. The maximum absolute atomic E-state index is 11.5. The predicted octanol–water partition coefficient (Wildman–Crippen LogP) is -7.50. The molecule has 3 aliphatic rings. The van der Waals surface area contributed by atoms with Gasteiger partial charge >= 0.3 is 0 Å². The molecule has 3 saturated heterocycles. The summed E-state index contributed by atoms with van der Waals surface area (Å²) in [5.41, 5.74) is 12.0. The summed E-state index contributed by atoms with van der Waals surface area (Å²) in [6, 6.07) is -4.01.